The average Bonchev–Trinajstić information content (AvgIpc) is 2.39. The van der Waals surface area contributed by atoms with Crippen molar-refractivity contribution < 1.29 is 9.00 Å². The predicted octanol–water partition coefficient (Wildman–Crippen LogP) is 3.16. The highest BCUT2D eigenvalue weighted by Gasteiger charge is 2.19. The summed E-state index contributed by atoms with van der Waals surface area (Å²) in [6.45, 7) is 4.24. The van der Waals surface area contributed by atoms with Gasteiger partial charge in [0.25, 0.3) is 0 Å². The molecule has 0 fully saturated rings. The second-order valence-corrected chi connectivity index (χ2v) is 6.78. The minimum absolute atomic E-state index is 0.180. The molecule has 0 radical (unpaired) electrons. The zero-order chi connectivity index (χ0) is 14.4. The largest absolute Gasteiger partial charge is 0.355 e. The van der Waals surface area contributed by atoms with Crippen LogP contribution in [0.4, 0.5) is 0 Å². The van der Waals surface area contributed by atoms with Crippen LogP contribution in [0, 0.1) is 0 Å². The fourth-order valence-electron chi connectivity index (χ4n) is 1.43. The number of carbonyl (C=O) groups is 1. The van der Waals surface area contributed by atoms with E-state index in [0.29, 0.717) is 16.6 Å². The molecule has 1 amide bonds. The van der Waals surface area contributed by atoms with E-state index in [-0.39, 0.29) is 11.7 Å². The van der Waals surface area contributed by atoms with Gasteiger partial charge in [0.1, 0.15) is 5.25 Å². The van der Waals surface area contributed by atoms with Gasteiger partial charge in [-0.25, -0.2) is 0 Å². The predicted molar refractivity (Wildman–Crippen MR) is 81.1 cm³/mol. The number of amides is 1. The van der Waals surface area contributed by atoms with Crippen LogP contribution in [0.15, 0.2) is 18.2 Å². The molecule has 106 valence electrons. The molecule has 0 bridgehead atoms. The summed E-state index contributed by atoms with van der Waals surface area (Å²) in [5, 5.41) is 3.09. The summed E-state index contributed by atoms with van der Waals surface area (Å²) < 4.78 is 12.1. The summed E-state index contributed by atoms with van der Waals surface area (Å²) >= 11 is 11.7. The van der Waals surface area contributed by atoms with Gasteiger partial charge < -0.3 is 5.32 Å². The topological polar surface area (TPSA) is 46.2 Å². The molecule has 0 saturated carbocycles. The van der Waals surface area contributed by atoms with Gasteiger partial charge in [0.05, 0.1) is 10.0 Å². The Morgan fingerprint density at radius 3 is 2.63 bits per heavy atom. The first-order valence-electron chi connectivity index (χ1n) is 6.04. The average molecular weight is 322 g/mol. The van der Waals surface area contributed by atoms with Crippen molar-refractivity contribution in [3.05, 3.63) is 33.8 Å². The highest BCUT2D eigenvalue weighted by Crippen LogP contribution is 2.23. The monoisotopic (exact) mass is 321 g/mol. The maximum Gasteiger partial charge on any atom is 0.235 e. The van der Waals surface area contributed by atoms with Crippen molar-refractivity contribution in [2.45, 2.75) is 31.3 Å². The van der Waals surface area contributed by atoms with Gasteiger partial charge in [0, 0.05) is 23.1 Å². The van der Waals surface area contributed by atoms with Crippen LogP contribution in [-0.2, 0) is 21.3 Å². The Bertz CT molecular complexity index is 480. The van der Waals surface area contributed by atoms with Crippen molar-refractivity contribution in [3.63, 3.8) is 0 Å². The second kappa shape index (κ2) is 7.88. The third kappa shape index (κ3) is 5.13. The minimum atomic E-state index is -1.28. The van der Waals surface area contributed by atoms with E-state index >= 15 is 0 Å². The summed E-state index contributed by atoms with van der Waals surface area (Å²) in [7, 11) is -1.28. The number of benzene rings is 1. The van der Waals surface area contributed by atoms with E-state index in [0.717, 1.165) is 12.0 Å². The van der Waals surface area contributed by atoms with Crippen molar-refractivity contribution in [1.82, 2.24) is 5.32 Å². The molecule has 1 aromatic carbocycles. The zero-order valence-electron chi connectivity index (χ0n) is 10.9. The fraction of sp³-hybridized carbons (Fsp3) is 0.462. The van der Waals surface area contributed by atoms with Gasteiger partial charge in [-0.1, -0.05) is 36.2 Å². The van der Waals surface area contributed by atoms with Crippen LogP contribution in [0.1, 0.15) is 25.8 Å². The van der Waals surface area contributed by atoms with Gasteiger partial charge in [0.15, 0.2) is 0 Å². The fourth-order valence-corrected chi connectivity index (χ4v) is 2.83. The van der Waals surface area contributed by atoms with Gasteiger partial charge in [-0.05, 0) is 31.0 Å². The van der Waals surface area contributed by atoms with Crippen LogP contribution < -0.4 is 5.32 Å². The van der Waals surface area contributed by atoms with E-state index < -0.39 is 16.0 Å². The summed E-state index contributed by atoms with van der Waals surface area (Å²) in [5.74, 6) is 0.109. The molecular weight excluding hydrogens is 305 g/mol. The summed E-state index contributed by atoms with van der Waals surface area (Å²) in [6.07, 6.45) is 0.859. The SMILES string of the molecule is CCCNC(=O)[C@H](C)[S@@](=O)Cc1ccc(Cl)c(Cl)c1. The molecule has 1 rings (SSSR count). The van der Waals surface area contributed by atoms with Crippen LogP contribution in [0.3, 0.4) is 0 Å². The van der Waals surface area contributed by atoms with Gasteiger partial charge in [0.2, 0.25) is 5.91 Å². The van der Waals surface area contributed by atoms with Crippen molar-refractivity contribution in [3.8, 4) is 0 Å². The van der Waals surface area contributed by atoms with Gasteiger partial charge >= 0.3 is 0 Å². The zero-order valence-corrected chi connectivity index (χ0v) is 13.2. The summed E-state index contributed by atoms with van der Waals surface area (Å²) in [6, 6.07) is 5.11. The Hall–Kier alpha value is -0.580. The molecule has 1 N–H and O–H groups in total. The number of hydrogen-bond donors (Lipinski definition) is 1. The molecular formula is C13H17Cl2NO2S. The Balaban J connectivity index is 2.63. The highest BCUT2D eigenvalue weighted by molar-refractivity contribution is 7.85. The Morgan fingerprint density at radius 2 is 2.05 bits per heavy atom. The quantitative estimate of drug-likeness (QED) is 0.874. The van der Waals surface area contributed by atoms with E-state index in [4.69, 9.17) is 23.2 Å². The maximum atomic E-state index is 12.1. The maximum absolute atomic E-state index is 12.1. The third-order valence-electron chi connectivity index (χ3n) is 2.61. The lowest BCUT2D eigenvalue weighted by atomic mass is 10.2. The van der Waals surface area contributed by atoms with E-state index in [1.54, 1.807) is 25.1 Å². The second-order valence-electron chi connectivity index (χ2n) is 4.21. The minimum Gasteiger partial charge on any atom is -0.355 e. The third-order valence-corrected chi connectivity index (χ3v) is 4.97. The molecule has 19 heavy (non-hydrogen) atoms. The van der Waals surface area contributed by atoms with Gasteiger partial charge in [-0.3, -0.25) is 9.00 Å². The number of rotatable bonds is 6. The van der Waals surface area contributed by atoms with E-state index in [2.05, 4.69) is 5.32 Å². The number of hydrogen-bond acceptors (Lipinski definition) is 2. The lowest BCUT2D eigenvalue weighted by molar-refractivity contribution is -0.120. The van der Waals surface area contributed by atoms with E-state index in [1.165, 1.54) is 0 Å². The standard InChI is InChI=1S/C13H17Cl2NO2S/c1-3-6-16-13(17)9(2)19(18)8-10-4-5-11(14)12(15)7-10/h4-5,7,9H,3,6,8H2,1-2H3,(H,16,17)/t9-,19-/m0/s1. The lowest BCUT2D eigenvalue weighted by Crippen LogP contribution is -2.36. The molecule has 0 aliphatic carbocycles. The normalized spacial score (nSPS) is 13.9. The van der Waals surface area contributed by atoms with Crippen LogP contribution in [0.25, 0.3) is 0 Å². The van der Waals surface area contributed by atoms with Crippen LogP contribution in [0.2, 0.25) is 10.0 Å². The van der Waals surface area contributed by atoms with E-state index in [1.807, 2.05) is 6.92 Å². The smallest absolute Gasteiger partial charge is 0.235 e. The van der Waals surface area contributed by atoms with Gasteiger partial charge in [-0.15, -0.1) is 0 Å². The van der Waals surface area contributed by atoms with Crippen molar-refractivity contribution in [2.75, 3.05) is 6.54 Å². The first kappa shape index (κ1) is 16.5. The van der Waals surface area contributed by atoms with Gasteiger partial charge in [-0.2, -0.15) is 0 Å². The molecule has 2 atom stereocenters. The molecule has 1 aromatic rings. The molecule has 0 aliphatic rings. The first-order valence-corrected chi connectivity index (χ1v) is 8.18. The molecule has 0 aliphatic heterocycles. The van der Waals surface area contributed by atoms with Crippen molar-refractivity contribution >= 4 is 39.9 Å². The Morgan fingerprint density at radius 1 is 1.37 bits per heavy atom. The molecule has 0 aromatic heterocycles. The molecule has 3 nitrogen and oxygen atoms in total. The Kier molecular flexibility index (Phi) is 6.83. The van der Waals surface area contributed by atoms with E-state index in [9.17, 15) is 9.00 Å². The molecule has 0 heterocycles. The molecule has 0 unspecified atom stereocenters. The molecule has 0 saturated heterocycles. The number of nitrogens with one attached hydrogen (secondary N) is 1. The summed E-state index contributed by atoms with van der Waals surface area (Å²) in [4.78, 5) is 11.7. The number of halogens is 2. The highest BCUT2D eigenvalue weighted by atomic mass is 35.5. The molecule has 0 spiro atoms. The van der Waals surface area contributed by atoms with Crippen LogP contribution in [0.5, 0.6) is 0 Å². The van der Waals surface area contributed by atoms with Crippen molar-refractivity contribution in [2.24, 2.45) is 0 Å². The van der Waals surface area contributed by atoms with Crippen LogP contribution >= 0.6 is 23.2 Å². The van der Waals surface area contributed by atoms with Crippen molar-refractivity contribution in [1.29, 1.82) is 0 Å². The number of carbonyl (C=O) groups excluding carboxylic acids is 1. The summed E-state index contributed by atoms with van der Waals surface area (Å²) in [5.41, 5.74) is 0.808. The van der Waals surface area contributed by atoms with Crippen LogP contribution in [-0.4, -0.2) is 21.9 Å². The first-order chi connectivity index (χ1) is 8.95. The lowest BCUT2D eigenvalue weighted by Gasteiger charge is -2.12. The molecule has 6 heteroatoms. The Labute approximate surface area is 126 Å².